The lowest BCUT2D eigenvalue weighted by Gasteiger charge is -2.25. The third-order valence-corrected chi connectivity index (χ3v) is 4.41. The van der Waals surface area contributed by atoms with Crippen LogP contribution in [0.25, 0.3) is 0 Å². The number of hydrogen-bond donors (Lipinski definition) is 0. The maximum Gasteiger partial charge on any atom is 0.293 e. The van der Waals surface area contributed by atoms with Crippen LogP contribution in [0.5, 0.6) is 5.75 Å². The predicted octanol–water partition coefficient (Wildman–Crippen LogP) is 3.21. The van der Waals surface area contributed by atoms with Crippen LogP contribution in [0.4, 0.5) is 0 Å². The molecule has 1 aliphatic carbocycles. The van der Waals surface area contributed by atoms with Gasteiger partial charge in [-0.15, -0.1) is 0 Å². The molecule has 0 saturated heterocycles. The van der Waals surface area contributed by atoms with E-state index in [0.717, 1.165) is 30.8 Å². The second-order valence-corrected chi connectivity index (χ2v) is 6.74. The number of nitrogens with zero attached hydrogens (tertiary/aromatic N) is 1. The number of allylic oxidation sites excluding steroid dienone is 4. The van der Waals surface area contributed by atoms with Crippen LogP contribution in [0.15, 0.2) is 48.3 Å². The molecule has 1 unspecified atom stereocenters. The minimum absolute atomic E-state index is 0.267. The minimum Gasteiger partial charge on any atom is -0.497 e. The van der Waals surface area contributed by atoms with Crippen molar-refractivity contribution < 1.29 is 19.0 Å². The average molecular weight is 359 g/mol. The van der Waals surface area contributed by atoms with E-state index < -0.39 is 0 Å². The largest absolute Gasteiger partial charge is 0.497 e. The van der Waals surface area contributed by atoms with Crippen molar-refractivity contribution in [1.82, 2.24) is 4.90 Å². The molecule has 142 valence electrons. The molecule has 26 heavy (non-hydrogen) atoms. The van der Waals surface area contributed by atoms with Gasteiger partial charge in [0.05, 0.1) is 12.9 Å². The van der Waals surface area contributed by atoms with Gasteiger partial charge in [-0.3, -0.25) is 4.79 Å². The Hall–Kier alpha value is -2.27. The first-order valence-electron chi connectivity index (χ1n) is 8.98. The first kappa shape index (κ1) is 20.0. The van der Waals surface area contributed by atoms with Crippen LogP contribution in [-0.4, -0.2) is 51.8 Å². The van der Waals surface area contributed by atoms with E-state index in [2.05, 4.69) is 18.2 Å². The third kappa shape index (κ3) is 6.56. The molecule has 2 rings (SSSR count). The zero-order valence-electron chi connectivity index (χ0n) is 15.9. The molecule has 2 atom stereocenters. The van der Waals surface area contributed by atoms with Gasteiger partial charge in [0.1, 0.15) is 18.5 Å². The molecule has 1 aromatic rings. The van der Waals surface area contributed by atoms with Gasteiger partial charge in [0.2, 0.25) is 0 Å². The maximum atomic E-state index is 10.7. The van der Waals surface area contributed by atoms with Crippen LogP contribution in [0.3, 0.4) is 0 Å². The molecular formula is C21H29NO4. The molecule has 1 aliphatic rings. The second-order valence-electron chi connectivity index (χ2n) is 6.74. The van der Waals surface area contributed by atoms with Crippen molar-refractivity contribution in [3.8, 4) is 5.75 Å². The highest BCUT2D eigenvalue weighted by Crippen LogP contribution is 2.27. The first-order valence-corrected chi connectivity index (χ1v) is 8.98. The van der Waals surface area contributed by atoms with E-state index in [9.17, 15) is 4.79 Å². The van der Waals surface area contributed by atoms with Gasteiger partial charge in [-0.1, -0.05) is 24.3 Å². The molecule has 0 aliphatic heterocycles. The summed E-state index contributed by atoms with van der Waals surface area (Å²) in [6.45, 7) is 1.50. The van der Waals surface area contributed by atoms with Gasteiger partial charge in [-0.2, -0.15) is 0 Å². The van der Waals surface area contributed by atoms with Crippen molar-refractivity contribution in [2.24, 2.45) is 5.92 Å². The van der Waals surface area contributed by atoms with Crippen LogP contribution in [0, 0.1) is 5.92 Å². The summed E-state index contributed by atoms with van der Waals surface area (Å²) in [6, 6.07) is 8.19. The van der Waals surface area contributed by atoms with Crippen LogP contribution in [0.1, 0.15) is 18.4 Å². The topological polar surface area (TPSA) is 48.0 Å². The summed E-state index contributed by atoms with van der Waals surface area (Å²) in [5.74, 6) is 2.19. The van der Waals surface area contributed by atoms with Gasteiger partial charge >= 0.3 is 0 Å². The number of carbonyl (C=O) groups is 1. The molecule has 0 fully saturated rings. The van der Waals surface area contributed by atoms with Crippen LogP contribution in [-0.2, 0) is 20.7 Å². The number of rotatable bonds is 11. The van der Waals surface area contributed by atoms with Crippen LogP contribution in [0.2, 0.25) is 0 Å². The zero-order chi connectivity index (χ0) is 18.8. The average Bonchev–Trinajstić information content (AvgIpc) is 2.65. The molecule has 0 saturated carbocycles. The monoisotopic (exact) mass is 359 g/mol. The summed E-state index contributed by atoms with van der Waals surface area (Å²) >= 11 is 0. The summed E-state index contributed by atoms with van der Waals surface area (Å²) in [5, 5.41) is 0. The predicted molar refractivity (Wildman–Crippen MR) is 102 cm³/mol. The van der Waals surface area contributed by atoms with Crippen LogP contribution >= 0.6 is 0 Å². The SMILES string of the molecule is COc1ccc(CCC2CC=CC=C2OC[C@@H](CN(C)C)OC=O)cc1. The lowest BCUT2D eigenvalue weighted by molar-refractivity contribution is -0.136. The van der Waals surface area contributed by atoms with Gasteiger partial charge in [0, 0.05) is 12.5 Å². The summed E-state index contributed by atoms with van der Waals surface area (Å²) < 4.78 is 16.3. The van der Waals surface area contributed by atoms with E-state index in [1.807, 2.05) is 43.3 Å². The lowest BCUT2D eigenvalue weighted by Crippen LogP contribution is -2.32. The van der Waals surface area contributed by atoms with Gasteiger partial charge in [0.15, 0.2) is 0 Å². The lowest BCUT2D eigenvalue weighted by atomic mass is 9.91. The number of methoxy groups -OCH3 is 1. The number of benzene rings is 1. The van der Waals surface area contributed by atoms with E-state index >= 15 is 0 Å². The standard InChI is InChI=1S/C21H29NO4/c1-22(2)14-20(26-16-23)15-25-21-7-5-4-6-18(21)11-8-17-9-12-19(24-3)13-10-17/h4-5,7,9-10,12-13,16,18,20H,6,8,11,14-15H2,1-3H3/t18?,20-/m1/s1. The van der Waals surface area contributed by atoms with Gasteiger partial charge < -0.3 is 19.1 Å². The Labute approximate surface area is 156 Å². The number of hydrogen-bond acceptors (Lipinski definition) is 5. The van der Waals surface area contributed by atoms with Crippen molar-refractivity contribution in [2.75, 3.05) is 34.4 Å². The Balaban J connectivity index is 1.88. The molecule has 0 bridgehead atoms. The van der Waals surface area contributed by atoms with Crippen molar-refractivity contribution in [2.45, 2.75) is 25.4 Å². The molecule has 0 heterocycles. The minimum atomic E-state index is -0.267. The summed E-state index contributed by atoms with van der Waals surface area (Å²) in [5.41, 5.74) is 1.29. The molecule has 0 aromatic heterocycles. The van der Waals surface area contributed by atoms with Crippen LogP contribution < -0.4 is 4.74 Å². The summed E-state index contributed by atoms with van der Waals surface area (Å²) in [6.07, 6.45) is 8.91. The molecule has 1 aromatic carbocycles. The van der Waals surface area contributed by atoms with E-state index in [0.29, 0.717) is 25.5 Å². The molecular weight excluding hydrogens is 330 g/mol. The Morgan fingerprint density at radius 1 is 1.27 bits per heavy atom. The molecule has 0 spiro atoms. The fraction of sp³-hybridized carbons (Fsp3) is 0.476. The highest BCUT2D eigenvalue weighted by molar-refractivity contribution is 5.37. The Bertz CT molecular complexity index is 607. The van der Waals surface area contributed by atoms with Crippen molar-refractivity contribution in [1.29, 1.82) is 0 Å². The highest BCUT2D eigenvalue weighted by Gasteiger charge is 2.19. The van der Waals surface area contributed by atoms with E-state index in [1.54, 1.807) is 7.11 Å². The van der Waals surface area contributed by atoms with E-state index in [4.69, 9.17) is 14.2 Å². The Morgan fingerprint density at radius 2 is 2.04 bits per heavy atom. The van der Waals surface area contributed by atoms with Crippen molar-refractivity contribution >= 4 is 6.47 Å². The summed E-state index contributed by atoms with van der Waals surface area (Å²) in [7, 11) is 5.57. The van der Waals surface area contributed by atoms with E-state index in [1.165, 1.54) is 5.56 Å². The number of aryl methyl sites for hydroxylation is 1. The Morgan fingerprint density at radius 3 is 2.69 bits per heavy atom. The first-order chi connectivity index (χ1) is 12.6. The van der Waals surface area contributed by atoms with Gasteiger partial charge in [0.25, 0.3) is 6.47 Å². The fourth-order valence-electron chi connectivity index (χ4n) is 3.03. The highest BCUT2D eigenvalue weighted by atomic mass is 16.6. The molecule has 0 radical (unpaired) electrons. The van der Waals surface area contributed by atoms with Crippen molar-refractivity contribution in [3.05, 3.63) is 53.8 Å². The quantitative estimate of drug-likeness (QED) is 0.568. The Kier molecular flexibility index (Phi) is 8.22. The van der Waals surface area contributed by atoms with Crippen molar-refractivity contribution in [3.63, 3.8) is 0 Å². The normalized spacial score (nSPS) is 17.5. The van der Waals surface area contributed by atoms with Gasteiger partial charge in [-0.25, -0.2) is 0 Å². The molecule has 5 heteroatoms. The molecule has 0 amide bonds. The summed E-state index contributed by atoms with van der Waals surface area (Å²) in [4.78, 5) is 12.7. The van der Waals surface area contributed by atoms with E-state index in [-0.39, 0.29) is 6.10 Å². The number of likely N-dealkylation sites (N-methyl/N-ethyl adjacent to an activating group) is 1. The molecule has 5 nitrogen and oxygen atoms in total. The molecule has 0 N–H and O–H groups in total. The maximum absolute atomic E-state index is 10.7. The number of carbonyl (C=O) groups excluding carboxylic acids is 1. The third-order valence-electron chi connectivity index (χ3n) is 4.41. The zero-order valence-corrected chi connectivity index (χ0v) is 15.9. The van der Waals surface area contributed by atoms with Gasteiger partial charge in [-0.05, 0) is 57.1 Å². The second kappa shape index (κ2) is 10.7. The smallest absolute Gasteiger partial charge is 0.293 e. The fourth-order valence-corrected chi connectivity index (χ4v) is 3.03. The number of ether oxygens (including phenoxy) is 3.